The molecule has 0 aliphatic carbocycles. The fourth-order valence-electron chi connectivity index (χ4n) is 0.895. The van der Waals surface area contributed by atoms with E-state index in [2.05, 4.69) is 5.32 Å². The molecule has 64 valence electrons. The van der Waals surface area contributed by atoms with Gasteiger partial charge in [-0.2, -0.15) is 0 Å². The van der Waals surface area contributed by atoms with Gasteiger partial charge in [0.25, 0.3) is 0 Å². The monoisotopic (exact) mass is 166 g/mol. The van der Waals surface area contributed by atoms with Crippen LogP contribution in [0.15, 0.2) is 24.3 Å². The van der Waals surface area contributed by atoms with Crippen LogP contribution < -0.4 is 5.32 Å². The predicted molar refractivity (Wildman–Crippen MR) is 46.9 cm³/mol. The number of rotatable bonds is 2. The van der Waals surface area contributed by atoms with Crippen molar-refractivity contribution in [2.75, 3.05) is 7.05 Å². The summed E-state index contributed by atoms with van der Waals surface area (Å²) >= 11 is 0. The fraction of sp³-hybridized carbons (Fsp3) is 0.222. The molecular formula is C9H11FN2. The van der Waals surface area contributed by atoms with Crippen LogP contribution in [0.1, 0.15) is 5.56 Å². The molecule has 0 heterocycles. The summed E-state index contributed by atoms with van der Waals surface area (Å²) in [6, 6.07) is 6.17. The van der Waals surface area contributed by atoms with Crippen LogP contribution in [-0.4, -0.2) is 12.9 Å². The molecule has 0 bridgehead atoms. The second-order valence-electron chi connectivity index (χ2n) is 2.53. The Morgan fingerprint density at radius 3 is 2.50 bits per heavy atom. The standard InChI is InChI=1S/C9H11FN2/c1-12-9(11)6-7-2-4-8(10)5-3-7/h2-5H,6H2,1H3,(H2,11,12). The Morgan fingerprint density at radius 1 is 1.42 bits per heavy atom. The van der Waals surface area contributed by atoms with Crippen molar-refractivity contribution in [2.24, 2.45) is 0 Å². The third kappa shape index (κ3) is 2.34. The Morgan fingerprint density at radius 2 is 2.00 bits per heavy atom. The van der Waals surface area contributed by atoms with E-state index in [1.54, 1.807) is 19.2 Å². The van der Waals surface area contributed by atoms with Crippen LogP contribution in [0.25, 0.3) is 0 Å². The SMILES string of the molecule is CNC(=N)Cc1ccc(F)cc1. The number of halogens is 1. The molecule has 1 rings (SSSR count). The van der Waals surface area contributed by atoms with Crippen molar-refractivity contribution in [1.29, 1.82) is 5.41 Å². The summed E-state index contributed by atoms with van der Waals surface area (Å²) in [6.45, 7) is 0. The average molecular weight is 166 g/mol. The smallest absolute Gasteiger partial charge is 0.123 e. The van der Waals surface area contributed by atoms with Crippen LogP contribution in [0.5, 0.6) is 0 Å². The van der Waals surface area contributed by atoms with E-state index in [1.807, 2.05) is 0 Å². The van der Waals surface area contributed by atoms with Gasteiger partial charge in [-0.1, -0.05) is 12.1 Å². The van der Waals surface area contributed by atoms with E-state index in [0.29, 0.717) is 12.3 Å². The average Bonchev–Trinajstić information content (AvgIpc) is 2.09. The number of hydrogen-bond acceptors (Lipinski definition) is 1. The topological polar surface area (TPSA) is 35.9 Å². The first-order chi connectivity index (χ1) is 5.72. The van der Waals surface area contributed by atoms with Gasteiger partial charge in [0.15, 0.2) is 0 Å². The van der Waals surface area contributed by atoms with Gasteiger partial charge in [0.1, 0.15) is 5.82 Å². The third-order valence-electron chi connectivity index (χ3n) is 1.60. The lowest BCUT2D eigenvalue weighted by atomic mass is 10.1. The molecule has 0 unspecified atom stereocenters. The molecule has 0 saturated heterocycles. The molecule has 1 aromatic carbocycles. The lowest BCUT2D eigenvalue weighted by Crippen LogP contribution is -2.18. The molecule has 0 atom stereocenters. The summed E-state index contributed by atoms with van der Waals surface area (Å²) in [7, 11) is 1.70. The van der Waals surface area contributed by atoms with Crippen molar-refractivity contribution in [2.45, 2.75) is 6.42 Å². The molecule has 2 N–H and O–H groups in total. The van der Waals surface area contributed by atoms with Gasteiger partial charge < -0.3 is 5.32 Å². The van der Waals surface area contributed by atoms with E-state index in [1.165, 1.54) is 12.1 Å². The molecule has 0 spiro atoms. The zero-order valence-corrected chi connectivity index (χ0v) is 6.89. The predicted octanol–water partition coefficient (Wildman–Crippen LogP) is 1.56. The maximum absolute atomic E-state index is 12.4. The second-order valence-corrected chi connectivity index (χ2v) is 2.53. The van der Waals surface area contributed by atoms with Crippen molar-refractivity contribution in [1.82, 2.24) is 5.32 Å². The lowest BCUT2D eigenvalue weighted by Gasteiger charge is -2.01. The van der Waals surface area contributed by atoms with Crippen molar-refractivity contribution in [3.05, 3.63) is 35.6 Å². The second kappa shape index (κ2) is 3.85. The van der Waals surface area contributed by atoms with Gasteiger partial charge in [0.05, 0.1) is 5.84 Å². The zero-order chi connectivity index (χ0) is 8.97. The van der Waals surface area contributed by atoms with E-state index in [9.17, 15) is 4.39 Å². The summed E-state index contributed by atoms with van der Waals surface area (Å²) < 4.78 is 12.4. The normalized spacial score (nSPS) is 9.50. The van der Waals surface area contributed by atoms with E-state index < -0.39 is 0 Å². The summed E-state index contributed by atoms with van der Waals surface area (Å²) in [6.07, 6.45) is 0.525. The molecule has 12 heavy (non-hydrogen) atoms. The number of likely N-dealkylation sites (N-methyl/N-ethyl adjacent to an activating group) is 1. The van der Waals surface area contributed by atoms with E-state index >= 15 is 0 Å². The molecule has 0 aliphatic heterocycles. The van der Waals surface area contributed by atoms with Crippen LogP contribution in [0.3, 0.4) is 0 Å². The summed E-state index contributed by atoms with van der Waals surface area (Å²) in [4.78, 5) is 0. The Balaban J connectivity index is 2.64. The van der Waals surface area contributed by atoms with Crippen molar-refractivity contribution < 1.29 is 4.39 Å². The highest BCUT2D eigenvalue weighted by atomic mass is 19.1. The molecular weight excluding hydrogens is 155 g/mol. The van der Waals surface area contributed by atoms with Crippen molar-refractivity contribution in [3.8, 4) is 0 Å². The molecule has 0 aromatic heterocycles. The number of amidine groups is 1. The summed E-state index contributed by atoms with van der Waals surface area (Å²) in [5.74, 6) is 0.191. The van der Waals surface area contributed by atoms with Crippen LogP contribution in [0.2, 0.25) is 0 Å². The van der Waals surface area contributed by atoms with Crippen LogP contribution in [0, 0.1) is 11.2 Å². The highest BCUT2D eigenvalue weighted by molar-refractivity contribution is 5.80. The zero-order valence-electron chi connectivity index (χ0n) is 6.89. The molecule has 0 aliphatic rings. The Bertz CT molecular complexity index is 266. The fourth-order valence-corrected chi connectivity index (χ4v) is 0.895. The lowest BCUT2D eigenvalue weighted by molar-refractivity contribution is 0.627. The Labute approximate surface area is 70.9 Å². The van der Waals surface area contributed by atoms with Gasteiger partial charge in [-0.3, -0.25) is 5.41 Å². The summed E-state index contributed by atoms with van der Waals surface area (Å²) in [5, 5.41) is 10.0. The number of nitrogens with one attached hydrogen (secondary N) is 2. The molecule has 0 amide bonds. The van der Waals surface area contributed by atoms with Crippen LogP contribution in [0.4, 0.5) is 4.39 Å². The van der Waals surface area contributed by atoms with E-state index in [0.717, 1.165) is 5.56 Å². The largest absolute Gasteiger partial charge is 0.377 e. The van der Waals surface area contributed by atoms with E-state index in [-0.39, 0.29) is 5.82 Å². The molecule has 0 radical (unpaired) electrons. The van der Waals surface area contributed by atoms with Crippen molar-refractivity contribution in [3.63, 3.8) is 0 Å². The van der Waals surface area contributed by atoms with Crippen LogP contribution >= 0.6 is 0 Å². The number of benzene rings is 1. The minimum atomic E-state index is -0.241. The van der Waals surface area contributed by atoms with Gasteiger partial charge in [-0.15, -0.1) is 0 Å². The van der Waals surface area contributed by atoms with Crippen molar-refractivity contribution >= 4 is 5.84 Å². The Hall–Kier alpha value is -1.38. The quantitative estimate of drug-likeness (QED) is 0.507. The van der Waals surface area contributed by atoms with Crippen LogP contribution in [-0.2, 0) is 6.42 Å². The summed E-state index contributed by atoms with van der Waals surface area (Å²) in [5.41, 5.74) is 0.941. The molecule has 3 heteroatoms. The van der Waals surface area contributed by atoms with Gasteiger partial charge in [-0.25, -0.2) is 4.39 Å². The maximum atomic E-state index is 12.4. The minimum absolute atomic E-state index is 0.241. The molecule has 1 aromatic rings. The van der Waals surface area contributed by atoms with Gasteiger partial charge in [-0.05, 0) is 17.7 Å². The first kappa shape index (κ1) is 8.71. The molecule has 0 fully saturated rings. The maximum Gasteiger partial charge on any atom is 0.123 e. The molecule has 2 nitrogen and oxygen atoms in total. The third-order valence-corrected chi connectivity index (χ3v) is 1.60. The number of hydrogen-bond donors (Lipinski definition) is 2. The van der Waals surface area contributed by atoms with E-state index in [4.69, 9.17) is 5.41 Å². The first-order valence-corrected chi connectivity index (χ1v) is 3.72. The Kier molecular flexibility index (Phi) is 2.80. The highest BCUT2D eigenvalue weighted by Gasteiger charge is 1.96. The highest BCUT2D eigenvalue weighted by Crippen LogP contribution is 2.02. The van der Waals surface area contributed by atoms with Gasteiger partial charge in [0, 0.05) is 13.5 Å². The van der Waals surface area contributed by atoms with Gasteiger partial charge in [0.2, 0.25) is 0 Å². The molecule has 0 saturated carbocycles. The minimum Gasteiger partial charge on any atom is -0.377 e. The first-order valence-electron chi connectivity index (χ1n) is 3.72. The van der Waals surface area contributed by atoms with Gasteiger partial charge >= 0.3 is 0 Å².